The van der Waals surface area contributed by atoms with E-state index in [9.17, 15) is 0 Å². The van der Waals surface area contributed by atoms with Gasteiger partial charge in [0.2, 0.25) is 0 Å². The Hall–Kier alpha value is -0.800. The van der Waals surface area contributed by atoms with Crippen LogP contribution in [0, 0.1) is 5.92 Å². The van der Waals surface area contributed by atoms with Crippen molar-refractivity contribution in [1.82, 2.24) is 10.2 Å². The molecule has 106 valence electrons. The molecule has 0 saturated heterocycles. The van der Waals surface area contributed by atoms with Gasteiger partial charge in [0.25, 0.3) is 0 Å². The highest BCUT2D eigenvalue weighted by molar-refractivity contribution is 5.17. The van der Waals surface area contributed by atoms with Gasteiger partial charge >= 0.3 is 0 Å². The molecule has 3 heteroatoms. The molecule has 0 atom stereocenters. The smallest absolute Gasteiger partial charge is 0.122 e. The number of rotatable bonds is 8. The van der Waals surface area contributed by atoms with E-state index < -0.39 is 0 Å². The highest BCUT2D eigenvalue weighted by Crippen LogP contribution is 2.28. The van der Waals surface area contributed by atoms with E-state index in [2.05, 4.69) is 23.2 Å². The van der Waals surface area contributed by atoms with Crippen molar-refractivity contribution in [3.63, 3.8) is 0 Å². The maximum atomic E-state index is 5.70. The van der Waals surface area contributed by atoms with Crippen molar-refractivity contribution >= 4 is 0 Å². The third-order valence-corrected chi connectivity index (χ3v) is 4.55. The predicted molar refractivity (Wildman–Crippen MR) is 76.9 cm³/mol. The van der Waals surface area contributed by atoms with E-state index in [1.54, 1.807) is 0 Å². The van der Waals surface area contributed by atoms with Crippen molar-refractivity contribution in [3.8, 4) is 0 Å². The molecular formula is C16H26N2O. The molecule has 2 saturated carbocycles. The van der Waals surface area contributed by atoms with E-state index in [1.807, 2.05) is 6.26 Å². The van der Waals surface area contributed by atoms with Gasteiger partial charge in [0.15, 0.2) is 0 Å². The van der Waals surface area contributed by atoms with Crippen LogP contribution in [0.4, 0.5) is 0 Å². The topological polar surface area (TPSA) is 28.4 Å². The van der Waals surface area contributed by atoms with Gasteiger partial charge in [-0.15, -0.1) is 0 Å². The van der Waals surface area contributed by atoms with Crippen molar-refractivity contribution in [2.75, 3.05) is 13.1 Å². The van der Waals surface area contributed by atoms with Crippen LogP contribution in [0.3, 0.4) is 0 Å². The van der Waals surface area contributed by atoms with Crippen molar-refractivity contribution in [1.29, 1.82) is 0 Å². The molecule has 3 rings (SSSR count). The summed E-state index contributed by atoms with van der Waals surface area (Å²) in [5.41, 5.74) is 1.35. The summed E-state index contributed by atoms with van der Waals surface area (Å²) in [7, 11) is 0. The molecule has 0 spiro atoms. The molecule has 0 aromatic carbocycles. The van der Waals surface area contributed by atoms with Crippen molar-refractivity contribution < 1.29 is 4.42 Å². The summed E-state index contributed by atoms with van der Waals surface area (Å²) < 4.78 is 5.70. The molecule has 2 aliphatic rings. The molecule has 0 radical (unpaired) electrons. The van der Waals surface area contributed by atoms with Gasteiger partial charge in [-0.05, 0) is 44.2 Å². The first kappa shape index (κ1) is 13.2. The van der Waals surface area contributed by atoms with E-state index in [-0.39, 0.29) is 0 Å². The lowest BCUT2D eigenvalue weighted by atomic mass is 9.85. The van der Waals surface area contributed by atoms with Crippen LogP contribution in [0.5, 0.6) is 0 Å². The van der Waals surface area contributed by atoms with E-state index in [1.165, 1.54) is 44.2 Å². The van der Waals surface area contributed by atoms with E-state index in [4.69, 9.17) is 4.42 Å². The fourth-order valence-electron chi connectivity index (χ4n) is 2.75. The van der Waals surface area contributed by atoms with Crippen LogP contribution in [0.1, 0.15) is 50.4 Å². The van der Waals surface area contributed by atoms with Gasteiger partial charge in [0, 0.05) is 24.7 Å². The summed E-state index contributed by atoms with van der Waals surface area (Å²) in [5, 5.41) is 3.58. The predicted octanol–water partition coefficient (Wildman–Crippen LogP) is 3.15. The monoisotopic (exact) mass is 262 g/mol. The van der Waals surface area contributed by atoms with Gasteiger partial charge in [0.05, 0.1) is 12.8 Å². The molecule has 0 bridgehead atoms. The normalized spacial score (nSPS) is 19.9. The lowest BCUT2D eigenvalue weighted by molar-refractivity contribution is 0.168. The summed E-state index contributed by atoms with van der Waals surface area (Å²) >= 11 is 0. The Labute approximate surface area is 116 Å². The zero-order chi connectivity index (χ0) is 13.1. The minimum atomic E-state index is 0.764. The highest BCUT2D eigenvalue weighted by atomic mass is 16.3. The Morgan fingerprint density at radius 3 is 2.79 bits per heavy atom. The minimum Gasteiger partial charge on any atom is -0.468 e. The third kappa shape index (κ3) is 3.61. The van der Waals surface area contributed by atoms with Gasteiger partial charge in [-0.3, -0.25) is 4.90 Å². The maximum absolute atomic E-state index is 5.70. The van der Waals surface area contributed by atoms with Gasteiger partial charge < -0.3 is 9.73 Å². The fourth-order valence-corrected chi connectivity index (χ4v) is 2.75. The summed E-state index contributed by atoms with van der Waals surface area (Å²) in [6.45, 7) is 6.56. The van der Waals surface area contributed by atoms with Gasteiger partial charge in [-0.2, -0.15) is 0 Å². The molecule has 2 aliphatic carbocycles. The van der Waals surface area contributed by atoms with Crippen LogP contribution in [-0.4, -0.2) is 24.0 Å². The summed E-state index contributed by atoms with van der Waals surface area (Å²) in [5.74, 6) is 2.09. The second-order valence-corrected chi connectivity index (χ2v) is 6.15. The average molecular weight is 262 g/mol. The van der Waals surface area contributed by atoms with Crippen molar-refractivity contribution in [2.45, 2.75) is 58.2 Å². The molecule has 3 nitrogen and oxygen atoms in total. The van der Waals surface area contributed by atoms with Crippen molar-refractivity contribution in [2.24, 2.45) is 5.92 Å². The van der Waals surface area contributed by atoms with Crippen LogP contribution in [-0.2, 0) is 13.1 Å². The zero-order valence-electron chi connectivity index (χ0n) is 12.0. The van der Waals surface area contributed by atoms with E-state index >= 15 is 0 Å². The Bertz CT molecular complexity index is 393. The van der Waals surface area contributed by atoms with Gasteiger partial charge in [0.1, 0.15) is 5.76 Å². The van der Waals surface area contributed by atoms with E-state index in [0.717, 1.165) is 37.4 Å². The van der Waals surface area contributed by atoms with Gasteiger partial charge in [-0.1, -0.05) is 13.3 Å². The molecule has 1 aromatic rings. The second-order valence-electron chi connectivity index (χ2n) is 6.15. The molecule has 0 aliphatic heterocycles. The SMILES string of the molecule is CCN(Cc1occc1CNC1CC1)CC1CCC1. The lowest BCUT2D eigenvalue weighted by Gasteiger charge is -2.31. The number of furan rings is 1. The standard InChI is InChI=1S/C16H26N2O/c1-2-18(11-13-4-3-5-13)12-16-14(8-9-19-16)10-17-15-6-7-15/h8-9,13,15,17H,2-7,10-12H2,1H3. The average Bonchev–Trinajstić information content (AvgIpc) is 3.10. The highest BCUT2D eigenvalue weighted by Gasteiger charge is 2.23. The first-order valence-corrected chi connectivity index (χ1v) is 7.86. The molecule has 1 N–H and O–H groups in total. The summed E-state index contributed by atoms with van der Waals surface area (Å²) in [6, 6.07) is 2.89. The Morgan fingerprint density at radius 1 is 1.32 bits per heavy atom. The molecule has 1 heterocycles. The Kier molecular flexibility index (Phi) is 4.24. The fraction of sp³-hybridized carbons (Fsp3) is 0.750. The van der Waals surface area contributed by atoms with Crippen LogP contribution < -0.4 is 5.32 Å². The lowest BCUT2D eigenvalue weighted by Crippen LogP contribution is -2.32. The number of hydrogen-bond acceptors (Lipinski definition) is 3. The number of nitrogens with zero attached hydrogens (tertiary/aromatic N) is 1. The molecule has 0 unspecified atom stereocenters. The third-order valence-electron chi connectivity index (χ3n) is 4.55. The first-order chi connectivity index (χ1) is 9.35. The zero-order valence-corrected chi connectivity index (χ0v) is 12.0. The van der Waals surface area contributed by atoms with Crippen LogP contribution in [0.25, 0.3) is 0 Å². The van der Waals surface area contributed by atoms with Crippen LogP contribution >= 0.6 is 0 Å². The molecule has 1 aromatic heterocycles. The maximum Gasteiger partial charge on any atom is 0.122 e. The number of hydrogen-bond donors (Lipinski definition) is 1. The molecule has 0 amide bonds. The summed E-state index contributed by atoms with van der Waals surface area (Å²) in [4.78, 5) is 2.53. The van der Waals surface area contributed by atoms with Crippen LogP contribution in [0.2, 0.25) is 0 Å². The first-order valence-electron chi connectivity index (χ1n) is 7.86. The van der Waals surface area contributed by atoms with Crippen molar-refractivity contribution in [3.05, 3.63) is 23.7 Å². The quantitative estimate of drug-likeness (QED) is 0.780. The molecular weight excluding hydrogens is 236 g/mol. The molecule has 2 fully saturated rings. The Morgan fingerprint density at radius 2 is 2.16 bits per heavy atom. The van der Waals surface area contributed by atoms with Gasteiger partial charge in [-0.25, -0.2) is 0 Å². The number of nitrogens with one attached hydrogen (secondary N) is 1. The Balaban J connectivity index is 1.52. The van der Waals surface area contributed by atoms with E-state index in [0.29, 0.717) is 0 Å². The molecule has 19 heavy (non-hydrogen) atoms. The summed E-state index contributed by atoms with van der Waals surface area (Å²) in [6.07, 6.45) is 8.80. The largest absolute Gasteiger partial charge is 0.468 e. The second kappa shape index (κ2) is 6.10. The minimum absolute atomic E-state index is 0.764. The van der Waals surface area contributed by atoms with Crippen LogP contribution in [0.15, 0.2) is 16.7 Å².